The number of aliphatic imine (C=N–C) groups is 1. The lowest BCUT2D eigenvalue weighted by Crippen LogP contribution is -2.40. The summed E-state index contributed by atoms with van der Waals surface area (Å²) in [5, 5.41) is 7.76. The van der Waals surface area contributed by atoms with E-state index in [9.17, 15) is 4.39 Å². The summed E-state index contributed by atoms with van der Waals surface area (Å²) in [6.07, 6.45) is 3.63. The van der Waals surface area contributed by atoms with Crippen molar-refractivity contribution in [3.63, 3.8) is 0 Å². The van der Waals surface area contributed by atoms with E-state index in [2.05, 4.69) is 15.4 Å². The van der Waals surface area contributed by atoms with Gasteiger partial charge >= 0.3 is 0 Å². The molecule has 1 N–H and O–H groups in total. The first-order valence-corrected chi connectivity index (χ1v) is 7.31. The second-order valence-electron chi connectivity index (χ2n) is 4.80. The molecule has 1 aromatic heterocycles. The number of hydrogen-bond donors (Lipinski definition) is 1. The molecule has 0 saturated heterocycles. The summed E-state index contributed by atoms with van der Waals surface area (Å²) >= 11 is 6.05. The minimum atomic E-state index is -0.314. The van der Waals surface area contributed by atoms with Gasteiger partial charge in [0.25, 0.3) is 0 Å². The number of benzene rings is 1. The monoisotopic (exact) mass is 451 g/mol. The third kappa shape index (κ3) is 5.65. The van der Waals surface area contributed by atoms with E-state index < -0.39 is 0 Å². The summed E-state index contributed by atoms with van der Waals surface area (Å²) < 4.78 is 15.7. The molecular weight excluding hydrogens is 432 g/mol. The van der Waals surface area contributed by atoms with Crippen LogP contribution in [0, 0.1) is 5.82 Å². The molecule has 0 unspecified atom stereocenters. The SMILES string of the molecule is CN=C(NCCn1cccn1)N(C)Cc1c(F)cccc1Cl.I. The van der Waals surface area contributed by atoms with E-state index in [0.717, 1.165) is 6.54 Å². The predicted molar refractivity (Wildman–Crippen MR) is 102 cm³/mol. The van der Waals surface area contributed by atoms with Crippen LogP contribution in [-0.2, 0) is 13.1 Å². The number of aromatic nitrogens is 2. The van der Waals surface area contributed by atoms with Crippen LogP contribution in [0.15, 0.2) is 41.7 Å². The van der Waals surface area contributed by atoms with Crippen molar-refractivity contribution in [2.75, 3.05) is 20.6 Å². The molecular formula is C15H20ClFIN5. The van der Waals surface area contributed by atoms with Gasteiger partial charge in [-0.15, -0.1) is 24.0 Å². The zero-order chi connectivity index (χ0) is 15.9. The van der Waals surface area contributed by atoms with Crippen molar-refractivity contribution in [2.45, 2.75) is 13.1 Å². The van der Waals surface area contributed by atoms with Gasteiger partial charge in [-0.1, -0.05) is 17.7 Å². The molecule has 8 heteroatoms. The number of guanidine groups is 1. The standard InChI is InChI=1S/C15H19ClFN5.HI/c1-18-15(19-8-10-22-9-4-7-20-22)21(2)11-12-13(16)5-3-6-14(12)17;/h3-7,9H,8,10-11H2,1-2H3,(H,18,19);1H. The quantitative estimate of drug-likeness (QED) is 0.432. The summed E-state index contributed by atoms with van der Waals surface area (Å²) in [6.45, 7) is 1.73. The van der Waals surface area contributed by atoms with Crippen LogP contribution >= 0.6 is 35.6 Å². The molecule has 126 valence electrons. The van der Waals surface area contributed by atoms with Crippen LogP contribution in [0.5, 0.6) is 0 Å². The Balaban J connectivity index is 0.00000264. The summed E-state index contributed by atoms with van der Waals surface area (Å²) in [6, 6.07) is 6.56. The van der Waals surface area contributed by atoms with E-state index >= 15 is 0 Å². The van der Waals surface area contributed by atoms with Crippen molar-refractivity contribution in [1.29, 1.82) is 0 Å². The molecule has 0 amide bonds. The van der Waals surface area contributed by atoms with Gasteiger partial charge < -0.3 is 10.2 Å². The number of rotatable bonds is 5. The zero-order valence-electron chi connectivity index (χ0n) is 13.0. The molecule has 0 fully saturated rings. The van der Waals surface area contributed by atoms with Gasteiger partial charge in [0.2, 0.25) is 0 Å². The van der Waals surface area contributed by atoms with Crippen molar-refractivity contribution in [2.24, 2.45) is 4.99 Å². The highest BCUT2D eigenvalue weighted by atomic mass is 127. The fourth-order valence-corrected chi connectivity index (χ4v) is 2.32. The third-order valence-electron chi connectivity index (χ3n) is 3.21. The number of nitrogens with one attached hydrogen (secondary N) is 1. The molecule has 0 aliphatic heterocycles. The average molecular weight is 452 g/mol. The molecule has 0 radical (unpaired) electrons. The Hall–Kier alpha value is -1.35. The predicted octanol–water partition coefficient (Wildman–Crippen LogP) is 3.00. The average Bonchev–Trinajstić information content (AvgIpc) is 3.00. The van der Waals surface area contributed by atoms with E-state index in [1.165, 1.54) is 6.07 Å². The van der Waals surface area contributed by atoms with Gasteiger partial charge in [-0.05, 0) is 18.2 Å². The highest BCUT2D eigenvalue weighted by molar-refractivity contribution is 14.0. The van der Waals surface area contributed by atoms with Crippen LogP contribution in [-0.4, -0.2) is 41.3 Å². The van der Waals surface area contributed by atoms with Crippen molar-refractivity contribution in [3.8, 4) is 0 Å². The van der Waals surface area contributed by atoms with E-state index in [1.807, 2.05) is 28.9 Å². The van der Waals surface area contributed by atoms with Crippen LogP contribution < -0.4 is 5.32 Å². The van der Waals surface area contributed by atoms with Gasteiger partial charge in [0.15, 0.2) is 5.96 Å². The molecule has 0 atom stereocenters. The van der Waals surface area contributed by atoms with E-state index in [-0.39, 0.29) is 29.8 Å². The van der Waals surface area contributed by atoms with Crippen molar-refractivity contribution in [3.05, 3.63) is 53.1 Å². The van der Waals surface area contributed by atoms with Crippen LogP contribution in [0.3, 0.4) is 0 Å². The molecule has 2 aromatic rings. The number of nitrogens with zero attached hydrogens (tertiary/aromatic N) is 4. The van der Waals surface area contributed by atoms with Crippen LogP contribution in [0.1, 0.15) is 5.56 Å². The first-order valence-electron chi connectivity index (χ1n) is 6.94. The summed E-state index contributed by atoms with van der Waals surface area (Å²) in [4.78, 5) is 6.03. The molecule has 23 heavy (non-hydrogen) atoms. The van der Waals surface area contributed by atoms with Crippen LogP contribution in [0.2, 0.25) is 5.02 Å². The van der Waals surface area contributed by atoms with Crippen molar-refractivity contribution >= 4 is 41.5 Å². The molecule has 0 aliphatic carbocycles. The Bertz CT molecular complexity index is 613. The minimum Gasteiger partial charge on any atom is -0.354 e. The lowest BCUT2D eigenvalue weighted by Gasteiger charge is -2.23. The Morgan fingerprint density at radius 3 is 2.83 bits per heavy atom. The Labute approximate surface area is 157 Å². The lowest BCUT2D eigenvalue weighted by molar-refractivity contribution is 0.456. The highest BCUT2D eigenvalue weighted by Gasteiger charge is 2.12. The number of hydrogen-bond acceptors (Lipinski definition) is 2. The van der Waals surface area contributed by atoms with Gasteiger partial charge in [-0.25, -0.2) is 4.39 Å². The van der Waals surface area contributed by atoms with Gasteiger partial charge in [0, 0.05) is 50.2 Å². The summed E-state index contributed by atoms with van der Waals surface area (Å²) in [7, 11) is 3.53. The maximum absolute atomic E-state index is 13.8. The first-order chi connectivity index (χ1) is 10.6. The summed E-state index contributed by atoms with van der Waals surface area (Å²) in [5.41, 5.74) is 0.460. The Kier molecular flexibility index (Phi) is 8.32. The maximum Gasteiger partial charge on any atom is 0.193 e. The minimum absolute atomic E-state index is 0. The largest absolute Gasteiger partial charge is 0.354 e. The number of halogens is 3. The fraction of sp³-hybridized carbons (Fsp3) is 0.333. The van der Waals surface area contributed by atoms with Crippen LogP contribution in [0.25, 0.3) is 0 Å². The summed E-state index contributed by atoms with van der Waals surface area (Å²) in [5.74, 6) is 0.359. The van der Waals surface area contributed by atoms with Crippen molar-refractivity contribution in [1.82, 2.24) is 20.0 Å². The zero-order valence-corrected chi connectivity index (χ0v) is 16.1. The Morgan fingerprint density at radius 2 is 2.22 bits per heavy atom. The van der Waals surface area contributed by atoms with Crippen molar-refractivity contribution < 1.29 is 4.39 Å². The van der Waals surface area contributed by atoms with Gasteiger partial charge in [-0.2, -0.15) is 5.10 Å². The Morgan fingerprint density at radius 1 is 1.43 bits per heavy atom. The molecule has 0 spiro atoms. The molecule has 1 aromatic carbocycles. The topological polar surface area (TPSA) is 45.5 Å². The van der Waals surface area contributed by atoms with Crippen LogP contribution in [0.4, 0.5) is 4.39 Å². The van der Waals surface area contributed by atoms with Gasteiger partial charge in [0.1, 0.15) is 5.82 Å². The molecule has 2 rings (SSSR count). The van der Waals surface area contributed by atoms with E-state index in [4.69, 9.17) is 11.6 Å². The van der Waals surface area contributed by atoms with Gasteiger partial charge in [-0.3, -0.25) is 9.67 Å². The highest BCUT2D eigenvalue weighted by Crippen LogP contribution is 2.20. The molecule has 0 bridgehead atoms. The fourth-order valence-electron chi connectivity index (χ4n) is 2.10. The lowest BCUT2D eigenvalue weighted by atomic mass is 10.2. The van der Waals surface area contributed by atoms with E-state index in [1.54, 1.807) is 25.4 Å². The van der Waals surface area contributed by atoms with E-state index in [0.29, 0.717) is 29.6 Å². The first kappa shape index (κ1) is 19.7. The molecule has 5 nitrogen and oxygen atoms in total. The molecule has 1 heterocycles. The normalized spacial score (nSPS) is 11.0. The second kappa shape index (κ2) is 9.71. The second-order valence-corrected chi connectivity index (χ2v) is 5.21. The maximum atomic E-state index is 13.8. The third-order valence-corrected chi connectivity index (χ3v) is 3.57. The van der Waals surface area contributed by atoms with Gasteiger partial charge in [0.05, 0.1) is 6.54 Å². The molecule has 0 aliphatic rings. The molecule has 0 saturated carbocycles. The smallest absolute Gasteiger partial charge is 0.193 e.